The predicted molar refractivity (Wildman–Crippen MR) is 77.3 cm³/mol. The molecule has 4 nitrogen and oxygen atoms in total. The van der Waals surface area contributed by atoms with E-state index < -0.39 is 0 Å². The van der Waals surface area contributed by atoms with E-state index in [4.69, 9.17) is 10.5 Å². The molecule has 1 aromatic rings. The molecule has 0 aliphatic carbocycles. The van der Waals surface area contributed by atoms with E-state index in [1.807, 2.05) is 18.2 Å². The Kier molecular flexibility index (Phi) is 5.65. The molecule has 0 bridgehead atoms. The van der Waals surface area contributed by atoms with Gasteiger partial charge < -0.3 is 10.5 Å². The third-order valence-corrected chi connectivity index (χ3v) is 2.29. The van der Waals surface area contributed by atoms with Crippen LogP contribution >= 0.6 is 28.1 Å². The van der Waals surface area contributed by atoms with Crippen molar-refractivity contribution >= 4 is 39.5 Å². The van der Waals surface area contributed by atoms with Gasteiger partial charge in [0.1, 0.15) is 12.4 Å². The average Bonchev–Trinajstić information content (AvgIpc) is 2.27. The molecule has 0 spiro atoms. The number of hydrogen-bond acceptors (Lipinski definition) is 3. The standard InChI is InChI=1S/C11H12BrN3OS/c1-2-5-16-10-4-3-9(12)6-8(10)7-14-15-11(13)17/h2-4,6-7H,1,5H2,(H3,13,15,17). The van der Waals surface area contributed by atoms with E-state index in [2.05, 4.69) is 45.3 Å². The zero-order chi connectivity index (χ0) is 12.7. The summed E-state index contributed by atoms with van der Waals surface area (Å²) in [5.74, 6) is 0.710. The summed E-state index contributed by atoms with van der Waals surface area (Å²) < 4.78 is 6.41. The number of ether oxygens (including phenoxy) is 1. The number of hydrazone groups is 1. The van der Waals surface area contributed by atoms with Crippen molar-refractivity contribution in [2.45, 2.75) is 0 Å². The number of thiocarbonyl (C=S) groups is 1. The number of hydrogen-bond donors (Lipinski definition) is 2. The van der Waals surface area contributed by atoms with Crippen LogP contribution in [0, 0.1) is 0 Å². The molecule has 0 amide bonds. The van der Waals surface area contributed by atoms with Crippen molar-refractivity contribution in [3.63, 3.8) is 0 Å². The van der Waals surface area contributed by atoms with Crippen LogP contribution in [0.1, 0.15) is 5.56 Å². The first kappa shape index (κ1) is 13.7. The highest BCUT2D eigenvalue weighted by Crippen LogP contribution is 2.21. The van der Waals surface area contributed by atoms with Crippen molar-refractivity contribution < 1.29 is 4.74 Å². The van der Waals surface area contributed by atoms with E-state index in [1.54, 1.807) is 12.3 Å². The van der Waals surface area contributed by atoms with Gasteiger partial charge in [-0.15, -0.1) is 0 Å². The number of benzene rings is 1. The molecular weight excluding hydrogens is 302 g/mol. The zero-order valence-corrected chi connectivity index (χ0v) is 11.4. The highest BCUT2D eigenvalue weighted by atomic mass is 79.9. The molecule has 0 aliphatic rings. The van der Waals surface area contributed by atoms with E-state index in [9.17, 15) is 0 Å². The molecule has 0 atom stereocenters. The molecule has 0 radical (unpaired) electrons. The number of nitrogens with one attached hydrogen (secondary N) is 1. The average molecular weight is 314 g/mol. The molecule has 90 valence electrons. The minimum atomic E-state index is 0.116. The van der Waals surface area contributed by atoms with Gasteiger partial charge in [-0.1, -0.05) is 28.6 Å². The van der Waals surface area contributed by atoms with Gasteiger partial charge in [-0.25, -0.2) is 0 Å². The van der Waals surface area contributed by atoms with Gasteiger partial charge in [-0.3, -0.25) is 5.43 Å². The lowest BCUT2D eigenvalue weighted by atomic mass is 10.2. The second-order valence-electron chi connectivity index (χ2n) is 3.02. The van der Waals surface area contributed by atoms with Crippen LogP contribution in [0.2, 0.25) is 0 Å². The second kappa shape index (κ2) is 7.03. The van der Waals surface area contributed by atoms with Crippen LogP contribution in [0.25, 0.3) is 0 Å². The first-order valence-corrected chi connectivity index (χ1v) is 5.95. The molecule has 0 unspecified atom stereocenters. The molecule has 0 aliphatic heterocycles. The summed E-state index contributed by atoms with van der Waals surface area (Å²) in [6.45, 7) is 4.03. The smallest absolute Gasteiger partial charge is 0.184 e. The number of nitrogens with two attached hydrogens (primary N) is 1. The molecule has 1 aromatic carbocycles. The molecule has 0 heterocycles. The zero-order valence-electron chi connectivity index (χ0n) is 9.02. The Morgan fingerprint density at radius 3 is 3.06 bits per heavy atom. The summed E-state index contributed by atoms with van der Waals surface area (Å²) in [5, 5.41) is 4.00. The van der Waals surface area contributed by atoms with Crippen molar-refractivity contribution in [2.75, 3.05) is 6.61 Å². The Balaban J connectivity index is 2.86. The van der Waals surface area contributed by atoms with Gasteiger partial charge in [0.05, 0.1) is 6.21 Å². The first-order chi connectivity index (χ1) is 8.13. The molecule has 3 N–H and O–H groups in total. The van der Waals surface area contributed by atoms with E-state index in [-0.39, 0.29) is 5.11 Å². The quantitative estimate of drug-likeness (QED) is 0.378. The third-order valence-electron chi connectivity index (χ3n) is 1.71. The number of nitrogens with zero attached hydrogens (tertiary/aromatic N) is 1. The Hall–Kier alpha value is -1.40. The Morgan fingerprint density at radius 2 is 2.41 bits per heavy atom. The minimum Gasteiger partial charge on any atom is -0.489 e. The van der Waals surface area contributed by atoms with Crippen molar-refractivity contribution in [3.05, 3.63) is 40.9 Å². The molecule has 0 aromatic heterocycles. The molecule has 1 rings (SSSR count). The van der Waals surface area contributed by atoms with Gasteiger partial charge in [0.2, 0.25) is 0 Å². The lowest BCUT2D eigenvalue weighted by Crippen LogP contribution is -2.24. The van der Waals surface area contributed by atoms with Crippen LogP contribution in [0.5, 0.6) is 5.75 Å². The van der Waals surface area contributed by atoms with Gasteiger partial charge >= 0.3 is 0 Å². The van der Waals surface area contributed by atoms with Crippen LogP contribution in [-0.2, 0) is 0 Å². The summed E-state index contributed by atoms with van der Waals surface area (Å²) in [7, 11) is 0. The summed E-state index contributed by atoms with van der Waals surface area (Å²) in [6, 6.07) is 5.61. The fourth-order valence-electron chi connectivity index (χ4n) is 1.07. The molecular formula is C11H12BrN3OS. The minimum absolute atomic E-state index is 0.116. The topological polar surface area (TPSA) is 59.6 Å². The van der Waals surface area contributed by atoms with E-state index in [0.29, 0.717) is 12.4 Å². The predicted octanol–water partition coefficient (Wildman–Crippen LogP) is 2.18. The molecule has 6 heteroatoms. The van der Waals surface area contributed by atoms with Crippen LogP contribution in [0.3, 0.4) is 0 Å². The molecule has 17 heavy (non-hydrogen) atoms. The lowest BCUT2D eigenvalue weighted by molar-refractivity contribution is 0.362. The monoisotopic (exact) mass is 313 g/mol. The second-order valence-corrected chi connectivity index (χ2v) is 4.37. The highest BCUT2D eigenvalue weighted by Gasteiger charge is 2.01. The summed E-state index contributed by atoms with van der Waals surface area (Å²) in [5.41, 5.74) is 8.55. The Labute approximate surface area is 114 Å². The normalized spacial score (nSPS) is 10.2. The molecule has 0 saturated carbocycles. The van der Waals surface area contributed by atoms with Crippen LogP contribution < -0.4 is 15.9 Å². The van der Waals surface area contributed by atoms with Gasteiger partial charge in [0.15, 0.2) is 5.11 Å². The lowest BCUT2D eigenvalue weighted by Gasteiger charge is -2.07. The Morgan fingerprint density at radius 1 is 1.65 bits per heavy atom. The van der Waals surface area contributed by atoms with Crippen LogP contribution in [0.15, 0.2) is 40.4 Å². The van der Waals surface area contributed by atoms with Gasteiger partial charge in [0, 0.05) is 10.0 Å². The molecule has 0 fully saturated rings. The van der Waals surface area contributed by atoms with Gasteiger partial charge in [0.25, 0.3) is 0 Å². The van der Waals surface area contributed by atoms with Gasteiger partial charge in [-0.2, -0.15) is 5.10 Å². The summed E-state index contributed by atoms with van der Waals surface area (Å²) in [6.07, 6.45) is 3.26. The van der Waals surface area contributed by atoms with Crippen LogP contribution in [0.4, 0.5) is 0 Å². The van der Waals surface area contributed by atoms with E-state index in [0.717, 1.165) is 10.0 Å². The first-order valence-electron chi connectivity index (χ1n) is 4.75. The van der Waals surface area contributed by atoms with Crippen LogP contribution in [-0.4, -0.2) is 17.9 Å². The fourth-order valence-corrected chi connectivity index (χ4v) is 1.50. The Bertz CT molecular complexity index is 448. The summed E-state index contributed by atoms with van der Waals surface area (Å²) in [4.78, 5) is 0. The maximum Gasteiger partial charge on any atom is 0.184 e. The highest BCUT2D eigenvalue weighted by molar-refractivity contribution is 9.10. The van der Waals surface area contributed by atoms with Crippen molar-refractivity contribution in [1.29, 1.82) is 0 Å². The van der Waals surface area contributed by atoms with E-state index >= 15 is 0 Å². The van der Waals surface area contributed by atoms with E-state index in [1.165, 1.54) is 0 Å². The largest absolute Gasteiger partial charge is 0.489 e. The number of rotatable bonds is 5. The fraction of sp³-hybridized carbons (Fsp3) is 0.0909. The van der Waals surface area contributed by atoms with Gasteiger partial charge in [-0.05, 0) is 30.4 Å². The SMILES string of the molecule is C=CCOc1ccc(Br)cc1C=NNC(N)=S. The van der Waals surface area contributed by atoms with Crippen molar-refractivity contribution in [3.8, 4) is 5.75 Å². The summed E-state index contributed by atoms with van der Waals surface area (Å²) >= 11 is 8.02. The maximum atomic E-state index is 5.48. The maximum absolute atomic E-state index is 5.48. The van der Waals surface area contributed by atoms with Crippen molar-refractivity contribution in [1.82, 2.24) is 5.43 Å². The third kappa shape index (κ3) is 4.97. The number of halogens is 1. The van der Waals surface area contributed by atoms with Crippen molar-refractivity contribution in [2.24, 2.45) is 10.8 Å². The molecule has 0 saturated heterocycles.